The van der Waals surface area contributed by atoms with Crippen molar-refractivity contribution in [1.82, 2.24) is 19.9 Å². The third-order valence-electron chi connectivity index (χ3n) is 3.51. The van der Waals surface area contributed by atoms with Crippen LogP contribution in [0, 0.1) is 5.92 Å². The SMILES string of the molecule is O=C(C1CCOCC1)N1CC(n2nccn2)C1. The van der Waals surface area contributed by atoms with Crippen LogP contribution in [0.5, 0.6) is 0 Å². The predicted molar refractivity (Wildman–Crippen MR) is 59.2 cm³/mol. The van der Waals surface area contributed by atoms with Crippen molar-refractivity contribution in [2.75, 3.05) is 26.3 Å². The lowest BCUT2D eigenvalue weighted by Gasteiger charge is -2.40. The first kappa shape index (κ1) is 10.7. The summed E-state index contributed by atoms with van der Waals surface area (Å²) in [6.07, 6.45) is 5.06. The maximum atomic E-state index is 12.1. The number of nitrogens with zero attached hydrogens (tertiary/aromatic N) is 4. The Balaban J connectivity index is 1.53. The summed E-state index contributed by atoms with van der Waals surface area (Å²) >= 11 is 0. The number of rotatable bonds is 2. The molecule has 0 aliphatic carbocycles. The molecule has 0 atom stereocenters. The van der Waals surface area contributed by atoms with Gasteiger partial charge >= 0.3 is 0 Å². The minimum absolute atomic E-state index is 0.162. The van der Waals surface area contributed by atoms with Gasteiger partial charge in [-0.1, -0.05) is 0 Å². The van der Waals surface area contributed by atoms with E-state index in [9.17, 15) is 4.79 Å². The van der Waals surface area contributed by atoms with E-state index in [-0.39, 0.29) is 17.9 Å². The van der Waals surface area contributed by atoms with E-state index >= 15 is 0 Å². The molecule has 3 rings (SSSR count). The van der Waals surface area contributed by atoms with Crippen molar-refractivity contribution in [2.24, 2.45) is 5.92 Å². The van der Waals surface area contributed by atoms with Crippen molar-refractivity contribution >= 4 is 5.91 Å². The average Bonchev–Trinajstić information content (AvgIpc) is 2.82. The van der Waals surface area contributed by atoms with Gasteiger partial charge in [-0.2, -0.15) is 15.0 Å². The fourth-order valence-corrected chi connectivity index (χ4v) is 2.40. The Morgan fingerprint density at radius 3 is 2.47 bits per heavy atom. The Hall–Kier alpha value is -1.43. The number of likely N-dealkylation sites (tertiary alicyclic amines) is 1. The van der Waals surface area contributed by atoms with Gasteiger partial charge in [-0.25, -0.2) is 0 Å². The summed E-state index contributed by atoms with van der Waals surface area (Å²) in [7, 11) is 0. The summed E-state index contributed by atoms with van der Waals surface area (Å²) in [5, 5.41) is 8.18. The van der Waals surface area contributed by atoms with Gasteiger partial charge in [0.25, 0.3) is 0 Å². The molecule has 1 aromatic heterocycles. The van der Waals surface area contributed by atoms with Gasteiger partial charge in [0, 0.05) is 32.2 Å². The quantitative estimate of drug-likeness (QED) is 0.730. The van der Waals surface area contributed by atoms with Crippen LogP contribution in [0.2, 0.25) is 0 Å². The van der Waals surface area contributed by atoms with Gasteiger partial charge in [0.15, 0.2) is 0 Å². The van der Waals surface area contributed by atoms with Crippen LogP contribution in [0.4, 0.5) is 0 Å². The molecule has 1 amide bonds. The van der Waals surface area contributed by atoms with Crippen LogP contribution in [0.3, 0.4) is 0 Å². The standard InChI is InChI=1S/C11H16N4O2/c16-11(9-1-5-17-6-2-9)14-7-10(8-14)15-12-3-4-13-15/h3-4,9-10H,1-2,5-8H2. The van der Waals surface area contributed by atoms with Gasteiger partial charge in [0.1, 0.15) is 6.04 Å². The molecule has 0 unspecified atom stereocenters. The molecule has 0 bridgehead atoms. The normalized spacial score (nSPS) is 22.5. The molecule has 2 aliphatic heterocycles. The molecular weight excluding hydrogens is 220 g/mol. The van der Waals surface area contributed by atoms with E-state index in [4.69, 9.17) is 4.74 Å². The zero-order chi connectivity index (χ0) is 11.7. The predicted octanol–water partition coefficient (Wildman–Crippen LogP) is 0.0880. The molecule has 0 radical (unpaired) electrons. The number of carbonyl (C=O) groups is 1. The Bertz CT molecular complexity index is 380. The Morgan fingerprint density at radius 2 is 1.82 bits per heavy atom. The van der Waals surface area contributed by atoms with E-state index in [1.54, 1.807) is 17.2 Å². The fourth-order valence-electron chi connectivity index (χ4n) is 2.40. The van der Waals surface area contributed by atoms with E-state index in [1.165, 1.54) is 0 Å². The van der Waals surface area contributed by atoms with E-state index < -0.39 is 0 Å². The number of carbonyl (C=O) groups excluding carboxylic acids is 1. The van der Waals surface area contributed by atoms with Crippen LogP contribution in [0.25, 0.3) is 0 Å². The second-order valence-corrected chi connectivity index (χ2v) is 4.63. The number of hydrogen-bond acceptors (Lipinski definition) is 4. The molecule has 92 valence electrons. The Morgan fingerprint density at radius 1 is 1.18 bits per heavy atom. The van der Waals surface area contributed by atoms with Crippen molar-refractivity contribution in [3.8, 4) is 0 Å². The number of amides is 1. The minimum Gasteiger partial charge on any atom is -0.381 e. The molecule has 17 heavy (non-hydrogen) atoms. The van der Waals surface area contributed by atoms with Crippen molar-refractivity contribution < 1.29 is 9.53 Å². The molecule has 2 aliphatic rings. The van der Waals surface area contributed by atoms with E-state index in [0.717, 1.165) is 25.9 Å². The lowest BCUT2D eigenvalue weighted by atomic mass is 9.96. The number of aromatic nitrogens is 3. The smallest absolute Gasteiger partial charge is 0.226 e. The van der Waals surface area contributed by atoms with Gasteiger partial charge in [-0.15, -0.1) is 0 Å². The second kappa shape index (κ2) is 4.44. The zero-order valence-electron chi connectivity index (χ0n) is 9.66. The van der Waals surface area contributed by atoms with Crippen molar-refractivity contribution in [1.29, 1.82) is 0 Å². The molecule has 0 spiro atoms. The maximum absolute atomic E-state index is 12.1. The van der Waals surface area contributed by atoms with Crippen LogP contribution in [-0.4, -0.2) is 52.1 Å². The Labute approximate surface area is 99.5 Å². The Kier molecular flexibility index (Phi) is 2.80. The zero-order valence-corrected chi connectivity index (χ0v) is 9.66. The molecule has 2 saturated heterocycles. The highest BCUT2D eigenvalue weighted by molar-refractivity contribution is 5.79. The summed E-state index contributed by atoms with van der Waals surface area (Å²) in [5.74, 6) is 0.437. The summed E-state index contributed by atoms with van der Waals surface area (Å²) in [6.45, 7) is 2.92. The molecule has 0 N–H and O–H groups in total. The van der Waals surface area contributed by atoms with E-state index in [0.29, 0.717) is 13.2 Å². The monoisotopic (exact) mass is 236 g/mol. The highest BCUT2D eigenvalue weighted by Crippen LogP contribution is 2.25. The molecule has 6 heteroatoms. The number of ether oxygens (including phenoxy) is 1. The molecular formula is C11H16N4O2. The summed E-state index contributed by atoms with van der Waals surface area (Å²) in [4.78, 5) is 15.7. The van der Waals surface area contributed by atoms with Crippen molar-refractivity contribution in [2.45, 2.75) is 18.9 Å². The molecule has 2 fully saturated rings. The summed E-state index contributed by atoms with van der Waals surface area (Å²) in [6, 6.07) is 0.258. The molecule has 0 aromatic carbocycles. The molecule has 1 aromatic rings. The van der Waals surface area contributed by atoms with Gasteiger partial charge in [0.2, 0.25) is 5.91 Å². The summed E-state index contributed by atoms with van der Waals surface area (Å²) in [5.41, 5.74) is 0. The van der Waals surface area contributed by atoms with Crippen molar-refractivity contribution in [3.05, 3.63) is 12.4 Å². The highest BCUT2D eigenvalue weighted by atomic mass is 16.5. The summed E-state index contributed by atoms with van der Waals surface area (Å²) < 4.78 is 5.27. The lowest BCUT2D eigenvalue weighted by molar-refractivity contribution is -0.144. The topological polar surface area (TPSA) is 60.2 Å². The van der Waals surface area contributed by atoms with Gasteiger partial charge in [-0.3, -0.25) is 4.79 Å². The maximum Gasteiger partial charge on any atom is 0.226 e. The van der Waals surface area contributed by atoms with Gasteiger partial charge < -0.3 is 9.64 Å². The van der Waals surface area contributed by atoms with Crippen LogP contribution >= 0.6 is 0 Å². The molecule has 3 heterocycles. The van der Waals surface area contributed by atoms with Crippen LogP contribution < -0.4 is 0 Å². The third-order valence-corrected chi connectivity index (χ3v) is 3.51. The van der Waals surface area contributed by atoms with Gasteiger partial charge in [0.05, 0.1) is 12.4 Å². The first-order chi connectivity index (χ1) is 8.34. The van der Waals surface area contributed by atoms with Crippen molar-refractivity contribution in [3.63, 3.8) is 0 Å². The first-order valence-corrected chi connectivity index (χ1v) is 6.07. The van der Waals surface area contributed by atoms with Gasteiger partial charge in [-0.05, 0) is 12.8 Å². The minimum atomic E-state index is 0.162. The van der Waals surface area contributed by atoms with E-state index in [1.807, 2.05) is 4.90 Å². The molecule has 0 saturated carbocycles. The van der Waals surface area contributed by atoms with Crippen LogP contribution in [-0.2, 0) is 9.53 Å². The third kappa shape index (κ3) is 2.04. The van der Waals surface area contributed by atoms with Crippen LogP contribution in [0.15, 0.2) is 12.4 Å². The van der Waals surface area contributed by atoms with Crippen LogP contribution in [0.1, 0.15) is 18.9 Å². The first-order valence-electron chi connectivity index (χ1n) is 6.07. The fraction of sp³-hybridized carbons (Fsp3) is 0.727. The second-order valence-electron chi connectivity index (χ2n) is 4.63. The number of hydrogen-bond donors (Lipinski definition) is 0. The average molecular weight is 236 g/mol. The lowest BCUT2D eigenvalue weighted by Crippen LogP contribution is -2.53. The van der Waals surface area contributed by atoms with E-state index in [2.05, 4.69) is 10.2 Å². The highest BCUT2D eigenvalue weighted by Gasteiger charge is 2.36. The largest absolute Gasteiger partial charge is 0.381 e. The molecule has 6 nitrogen and oxygen atoms in total.